The third kappa shape index (κ3) is 2.95. The van der Waals surface area contributed by atoms with Crippen LogP contribution >= 0.6 is 0 Å². The molecule has 2 aromatic rings. The Morgan fingerprint density at radius 3 is 2.55 bits per heavy atom. The van der Waals surface area contributed by atoms with Crippen LogP contribution in [0.2, 0.25) is 0 Å². The predicted molar refractivity (Wildman–Crippen MR) is 110 cm³/mol. The second-order valence-corrected chi connectivity index (χ2v) is 8.35. The maximum absolute atomic E-state index is 9.86. The minimum atomic E-state index is -0.645. The highest BCUT2D eigenvalue weighted by Crippen LogP contribution is 2.68. The Hall–Kier alpha value is -2.91. The predicted octanol–water partition coefficient (Wildman–Crippen LogP) is -0.0676. The minimum absolute atomic E-state index is 0. The van der Waals surface area contributed by atoms with Crippen LogP contribution in [0, 0.1) is 17.2 Å². The molecule has 0 radical (unpaired) electrons. The molecule has 3 heterocycles. The molecule has 0 N–H and O–H groups in total. The van der Waals surface area contributed by atoms with Crippen molar-refractivity contribution in [3.63, 3.8) is 0 Å². The van der Waals surface area contributed by atoms with Gasteiger partial charge in [0.1, 0.15) is 18.2 Å². The number of hydrogen-bond donors (Lipinski definition) is 0. The van der Waals surface area contributed by atoms with E-state index in [0.29, 0.717) is 6.54 Å². The zero-order valence-corrected chi connectivity index (χ0v) is 18.6. The van der Waals surface area contributed by atoms with E-state index in [4.69, 9.17) is 18.9 Å². The highest BCUT2D eigenvalue weighted by Gasteiger charge is 2.84. The molecule has 0 saturated heterocycles. The number of nitriles is 1. The van der Waals surface area contributed by atoms with Crippen LogP contribution in [0.15, 0.2) is 42.5 Å². The Kier molecular flexibility index (Phi) is 5.26. The van der Waals surface area contributed by atoms with E-state index in [1.165, 1.54) is 0 Å². The average molecular weight is 441 g/mol. The highest BCUT2D eigenvalue weighted by molar-refractivity contribution is 5.55. The van der Waals surface area contributed by atoms with Gasteiger partial charge in [-0.15, -0.1) is 0 Å². The SMILES string of the molecule is COc1ccc(CC[N+]2=COC(C34Oc5ccc(cc5)C3(C)C4C#N)C2)cc1OC.[Cl-]. The van der Waals surface area contributed by atoms with Crippen molar-refractivity contribution < 1.29 is 35.9 Å². The number of benzene rings is 2. The first-order valence-electron chi connectivity index (χ1n) is 10.2. The molecule has 2 aromatic carbocycles. The van der Waals surface area contributed by atoms with Crippen LogP contribution in [0.3, 0.4) is 0 Å². The number of nitrogens with zero attached hydrogens (tertiary/aromatic N) is 2. The lowest BCUT2D eigenvalue weighted by Crippen LogP contribution is -3.00. The lowest BCUT2D eigenvalue weighted by Gasteiger charge is -2.24. The summed E-state index contributed by atoms with van der Waals surface area (Å²) in [6, 6.07) is 16.6. The van der Waals surface area contributed by atoms with E-state index in [9.17, 15) is 5.26 Å². The summed E-state index contributed by atoms with van der Waals surface area (Å²) in [5.74, 6) is 2.03. The van der Waals surface area contributed by atoms with E-state index in [-0.39, 0.29) is 29.8 Å². The Morgan fingerprint density at radius 1 is 1.13 bits per heavy atom. The standard InChI is InChI=1S/C24H25N2O4.ClH/c1-23-17-5-7-18(8-6-17)30-24(23,21(23)13-25)22-14-26(15-29-22)11-10-16-4-9-19(27-2)20(12-16)28-3;/h4-9,12,15,21-22H,10-11,14H2,1-3H3;1H/q+1;/p-1. The zero-order chi connectivity index (χ0) is 20.9. The van der Waals surface area contributed by atoms with Crippen molar-refractivity contribution >= 4 is 6.40 Å². The van der Waals surface area contributed by atoms with Gasteiger partial charge in [0.15, 0.2) is 23.6 Å². The van der Waals surface area contributed by atoms with E-state index in [1.54, 1.807) is 20.6 Å². The molecule has 7 heteroatoms. The van der Waals surface area contributed by atoms with Gasteiger partial charge in [0, 0.05) is 6.42 Å². The Morgan fingerprint density at radius 2 is 1.87 bits per heavy atom. The summed E-state index contributed by atoms with van der Waals surface area (Å²) in [4.78, 5) is 0. The summed E-state index contributed by atoms with van der Waals surface area (Å²) in [6.07, 6.45) is 2.44. The van der Waals surface area contributed by atoms with E-state index >= 15 is 0 Å². The number of ether oxygens (including phenoxy) is 4. The normalized spacial score (nSPS) is 29.3. The van der Waals surface area contributed by atoms with Crippen LogP contribution < -0.4 is 26.6 Å². The van der Waals surface area contributed by atoms with E-state index < -0.39 is 5.60 Å². The third-order valence-electron chi connectivity index (χ3n) is 6.99. The monoisotopic (exact) mass is 440 g/mol. The van der Waals surface area contributed by atoms with Gasteiger partial charge < -0.3 is 31.4 Å². The van der Waals surface area contributed by atoms with Crippen molar-refractivity contribution in [2.45, 2.75) is 30.5 Å². The molecule has 31 heavy (non-hydrogen) atoms. The van der Waals surface area contributed by atoms with Crippen LogP contribution in [0.25, 0.3) is 0 Å². The molecule has 1 saturated carbocycles. The summed E-state index contributed by atoms with van der Waals surface area (Å²) >= 11 is 0. The molecule has 1 fully saturated rings. The molecule has 0 aromatic heterocycles. The summed E-state index contributed by atoms with van der Waals surface area (Å²) in [7, 11) is 3.28. The molecule has 2 bridgehead atoms. The topological polar surface area (TPSA) is 63.7 Å². The molecule has 0 amide bonds. The first kappa shape index (κ1) is 21.3. The molecule has 6 nitrogen and oxygen atoms in total. The van der Waals surface area contributed by atoms with Gasteiger partial charge in [0.2, 0.25) is 6.10 Å². The van der Waals surface area contributed by atoms with Crippen molar-refractivity contribution in [2.24, 2.45) is 5.92 Å². The molecule has 1 aliphatic carbocycles. The molecule has 6 rings (SSSR count). The van der Waals surface area contributed by atoms with Crippen molar-refractivity contribution in [3.05, 3.63) is 53.6 Å². The van der Waals surface area contributed by atoms with Crippen LogP contribution in [0.4, 0.5) is 0 Å². The van der Waals surface area contributed by atoms with Crippen molar-refractivity contribution in [3.8, 4) is 23.3 Å². The summed E-state index contributed by atoms with van der Waals surface area (Å²) in [5.41, 5.74) is 1.30. The molecule has 4 aliphatic rings. The fraction of sp³-hybridized carbons (Fsp3) is 0.417. The van der Waals surface area contributed by atoms with Gasteiger partial charge in [0.05, 0.1) is 25.7 Å². The molecule has 3 aliphatic heterocycles. The van der Waals surface area contributed by atoms with Crippen LogP contribution in [-0.2, 0) is 16.6 Å². The second-order valence-electron chi connectivity index (χ2n) is 8.35. The summed E-state index contributed by atoms with van der Waals surface area (Å²) in [5, 5.41) is 9.86. The van der Waals surface area contributed by atoms with Crippen LogP contribution in [0.1, 0.15) is 18.1 Å². The van der Waals surface area contributed by atoms with E-state index in [0.717, 1.165) is 41.3 Å². The van der Waals surface area contributed by atoms with Gasteiger partial charge in [-0.25, -0.2) is 4.58 Å². The molecule has 4 unspecified atom stereocenters. The van der Waals surface area contributed by atoms with Crippen LogP contribution in [-0.4, -0.2) is 50.0 Å². The molecule has 0 spiro atoms. The first-order valence-corrected chi connectivity index (χ1v) is 10.2. The van der Waals surface area contributed by atoms with Gasteiger partial charge >= 0.3 is 6.40 Å². The number of methoxy groups -OCH3 is 2. The molecular formula is C24H25ClN2O4. The van der Waals surface area contributed by atoms with E-state index in [2.05, 4.69) is 35.8 Å². The van der Waals surface area contributed by atoms with Gasteiger partial charge in [0.25, 0.3) is 0 Å². The fourth-order valence-electron chi connectivity index (χ4n) is 5.19. The van der Waals surface area contributed by atoms with Crippen molar-refractivity contribution in [1.29, 1.82) is 5.26 Å². The maximum atomic E-state index is 9.86. The Labute approximate surface area is 188 Å². The Bertz CT molecular complexity index is 1060. The molecule has 162 valence electrons. The van der Waals surface area contributed by atoms with Crippen molar-refractivity contribution in [1.82, 2.24) is 0 Å². The van der Waals surface area contributed by atoms with E-state index in [1.807, 2.05) is 24.3 Å². The van der Waals surface area contributed by atoms with Gasteiger partial charge in [-0.05, 0) is 35.4 Å². The quantitative estimate of drug-likeness (QED) is 0.589. The largest absolute Gasteiger partial charge is 1.00 e. The minimum Gasteiger partial charge on any atom is -1.00 e. The number of fused-ring (bicyclic) bond motifs is 2. The first-order chi connectivity index (χ1) is 14.6. The molecule has 4 atom stereocenters. The molecular weight excluding hydrogens is 416 g/mol. The zero-order valence-electron chi connectivity index (χ0n) is 17.8. The van der Waals surface area contributed by atoms with Crippen LogP contribution in [0.5, 0.6) is 17.2 Å². The summed E-state index contributed by atoms with van der Waals surface area (Å²) in [6.45, 7) is 3.62. The summed E-state index contributed by atoms with van der Waals surface area (Å²) < 4.78 is 25.4. The Balaban J connectivity index is 0.00000231. The van der Waals surface area contributed by atoms with Gasteiger partial charge in [-0.1, -0.05) is 25.1 Å². The van der Waals surface area contributed by atoms with Gasteiger partial charge in [-0.2, -0.15) is 5.26 Å². The smallest absolute Gasteiger partial charge is 0.324 e. The lowest BCUT2D eigenvalue weighted by molar-refractivity contribution is -0.518. The fourth-order valence-corrected chi connectivity index (χ4v) is 5.19. The lowest BCUT2D eigenvalue weighted by atomic mass is 9.92. The number of halogens is 1. The average Bonchev–Trinajstić information content (AvgIpc) is 3.09. The maximum Gasteiger partial charge on any atom is 0.324 e. The highest BCUT2D eigenvalue weighted by atomic mass is 35.5. The van der Waals surface area contributed by atoms with Crippen molar-refractivity contribution in [2.75, 3.05) is 27.3 Å². The second kappa shape index (κ2) is 7.65. The number of hydrogen-bond acceptors (Lipinski definition) is 5. The third-order valence-corrected chi connectivity index (χ3v) is 6.99. The van der Waals surface area contributed by atoms with Gasteiger partial charge in [-0.3, -0.25) is 0 Å². The number of rotatable bonds is 6.